The summed E-state index contributed by atoms with van der Waals surface area (Å²) in [5, 5.41) is 3.35. The molecule has 0 atom stereocenters. The van der Waals surface area contributed by atoms with E-state index >= 15 is 0 Å². The van der Waals surface area contributed by atoms with Crippen LogP contribution in [0.4, 0.5) is 5.69 Å². The van der Waals surface area contributed by atoms with Gasteiger partial charge in [0.05, 0.1) is 12.6 Å². The summed E-state index contributed by atoms with van der Waals surface area (Å²) < 4.78 is 5.18. The van der Waals surface area contributed by atoms with E-state index in [1.165, 1.54) is 0 Å². The van der Waals surface area contributed by atoms with Gasteiger partial charge in [-0.05, 0) is 48.4 Å². The smallest absolute Gasteiger partial charge is 0.272 e. The van der Waals surface area contributed by atoms with Gasteiger partial charge in [0.25, 0.3) is 5.91 Å². The number of rotatable bonds is 4. The molecule has 1 aromatic heterocycles. The van der Waals surface area contributed by atoms with E-state index in [-0.39, 0.29) is 17.0 Å². The SMILES string of the molecule is COc1ccc2[nH]c(C(=O)Nc3ccc(-c4ccccc4)cc3)c(C)c(=O)c2c1. The third-order valence-electron chi connectivity index (χ3n) is 4.92. The zero-order valence-electron chi connectivity index (χ0n) is 16.2. The molecule has 0 fully saturated rings. The third-order valence-corrected chi connectivity index (χ3v) is 4.92. The molecule has 0 aliphatic heterocycles. The molecule has 3 aromatic carbocycles. The number of fused-ring (bicyclic) bond motifs is 1. The summed E-state index contributed by atoms with van der Waals surface area (Å²) >= 11 is 0. The van der Waals surface area contributed by atoms with Crippen molar-refractivity contribution in [3.05, 3.63) is 94.3 Å². The van der Waals surface area contributed by atoms with Gasteiger partial charge < -0.3 is 15.0 Å². The predicted molar refractivity (Wildman–Crippen MR) is 116 cm³/mol. The number of methoxy groups -OCH3 is 1. The standard InChI is InChI=1S/C24H20N2O3/c1-15-22(26-21-13-12-19(29-2)14-20(21)23(15)27)24(28)25-18-10-8-17(9-11-18)16-6-4-3-5-7-16/h3-14H,1-2H3,(H,25,28)(H,26,27). The zero-order valence-corrected chi connectivity index (χ0v) is 16.2. The fourth-order valence-electron chi connectivity index (χ4n) is 3.29. The number of H-pyrrole nitrogens is 1. The van der Waals surface area contributed by atoms with Gasteiger partial charge in [-0.1, -0.05) is 42.5 Å². The molecule has 144 valence electrons. The van der Waals surface area contributed by atoms with Crippen LogP contribution >= 0.6 is 0 Å². The van der Waals surface area contributed by atoms with Crippen LogP contribution in [0.5, 0.6) is 5.75 Å². The molecule has 1 amide bonds. The minimum absolute atomic E-state index is 0.192. The van der Waals surface area contributed by atoms with Crippen molar-refractivity contribution in [2.45, 2.75) is 6.92 Å². The van der Waals surface area contributed by atoms with E-state index in [1.54, 1.807) is 32.2 Å². The molecular formula is C24H20N2O3. The second-order valence-electron chi connectivity index (χ2n) is 6.76. The van der Waals surface area contributed by atoms with Gasteiger partial charge in [0.15, 0.2) is 5.43 Å². The molecule has 0 aliphatic rings. The molecule has 0 radical (unpaired) electrons. The summed E-state index contributed by atoms with van der Waals surface area (Å²) in [6.45, 7) is 1.64. The molecule has 2 N–H and O–H groups in total. The first kappa shape index (κ1) is 18.5. The summed E-state index contributed by atoms with van der Waals surface area (Å²) in [6, 6.07) is 22.8. The van der Waals surface area contributed by atoms with Gasteiger partial charge in [0, 0.05) is 16.6 Å². The maximum absolute atomic E-state index is 12.8. The summed E-state index contributed by atoms with van der Waals surface area (Å²) in [6.07, 6.45) is 0. The first-order valence-corrected chi connectivity index (χ1v) is 9.24. The largest absolute Gasteiger partial charge is 0.497 e. The van der Waals surface area contributed by atoms with Crippen molar-refractivity contribution in [2.75, 3.05) is 12.4 Å². The maximum atomic E-state index is 12.8. The lowest BCUT2D eigenvalue weighted by molar-refractivity contribution is 0.102. The van der Waals surface area contributed by atoms with Gasteiger partial charge in [0.1, 0.15) is 11.4 Å². The van der Waals surface area contributed by atoms with Gasteiger partial charge in [0.2, 0.25) is 0 Å². The van der Waals surface area contributed by atoms with Crippen LogP contribution in [0.1, 0.15) is 16.1 Å². The average Bonchev–Trinajstić information content (AvgIpc) is 2.77. The lowest BCUT2D eigenvalue weighted by Crippen LogP contribution is -2.20. The van der Waals surface area contributed by atoms with Crippen LogP contribution in [0.25, 0.3) is 22.0 Å². The van der Waals surface area contributed by atoms with Crippen molar-refractivity contribution >= 4 is 22.5 Å². The molecule has 0 bridgehead atoms. The molecule has 5 nitrogen and oxygen atoms in total. The number of aromatic amines is 1. The van der Waals surface area contributed by atoms with Crippen molar-refractivity contribution in [1.29, 1.82) is 0 Å². The average molecular weight is 384 g/mol. The molecule has 0 spiro atoms. The topological polar surface area (TPSA) is 71.2 Å². The summed E-state index contributed by atoms with van der Waals surface area (Å²) in [5.74, 6) is 0.239. The number of aromatic nitrogens is 1. The molecule has 5 heteroatoms. The number of pyridine rings is 1. The van der Waals surface area contributed by atoms with Crippen molar-refractivity contribution in [2.24, 2.45) is 0 Å². The van der Waals surface area contributed by atoms with Crippen LogP contribution in [0.2, 0.25) is 0 Å². The number of amides is 1. The molecule has 0 unspecified atom stereocenters. The van der Waals surface area contributed by atoms with Gasteiger partial charge >= 0.3 is 0 Å². The van der Waals surface area contributed by atoms with E-state index in [4.69, 9.17) is 4.74 Å². The number of hydrogen-bond donors (Lipinski definition) is 2. The van der Waals surface area contributed by atoms with Gasteiger partial charge in [-0.25, -0.2) is 0 Å². The van der Waals surface area contributed by atoms with E-state index in [2.05, 4.69) is 10.3 Å². The van der Waals surface area contributed by atoms with Crippen LogP contribution in [-0.2, 0) is 0 Å². The highest BCUT2D eigenvalue weighted by Crippen LogP contribution is 2.22. The molecule has 4 rings (SSSR count). The Morgan fingerprint density at radius 1 is 0.931 bits per heavy atom. The molecule has 0 saturated heterocycles. The number of hydrogen-bond acceptors (Lipinski definition) is 3. The molecule has 1 heterocycles. The summed E-state index contributed by atoms with van der Waals surface area (Å²) in [5.41, 5.74) is 3.84. The number of carbonyl (C=O) groups is 1. The van der Waals surface area contributed by atoms with Crippen molar-refractivity contribution in [1.82, 2.24) is 4.98 Å². The van der Waals surface area contributed by atoms with Crippen LogP contribution in [0.3, 0.4) is 0 Å². The number of ether oxygens (including phenoxy) is 1. The lowest BCUT2D eigenvalue weighted by Gasteiger charge is -2.11. The van der Waals surface area contributed by atoms with Crippen LogP contribution in [0, 0.1) is 6.92 Å². The quantitative estimate of drug-likeness (QED) is 0.533. The Balaban J connectivity index is 1.62. The maximum Gasteiger partial charge on any atom is 0.272 e. The predicted octanol–water partition coefficient (Wildman–Crippen LogP) is 4.76. The Morgan fingerprint density at radius 2 is 1.62 bits per heavy atom. The number of carbonyl (C=O) groups excluding carboxylic acids is 1. The van der Waals surface area contributed by atoms with E-state index in [0.717, 1.165) is 11.1 Å². The Kier molecular flexibility index (Phi) is 4.87. The Bertz CT molecular complexity index is 1240. The van der Waals surface area contributed by atoms with Crippen LogP contribution in [-0.4, -0.2) is 18.0 Å². The third kappa shape index (κ3) is 3.62. The highest BCUT2D eigenvalue weighted by molar-refractivity contribution is 6.05. The minimum atomic E-state index is -0.357. The monoisotopic (exact) mass is 384 g/mol. The Labute approximate surface area is 168 Å². The fraction of sp³-hybridized carbons (Fsp3) is 0.0833. The van der Waals surface area contributed by atoms with Crippen LogP contribution in [0.15, 0.2) is 77.6 Å². The second-order valence-corrected chi connectivity index (χ2v) is 6.76. The van der Waals surface area contributed by atoms with E-state index in [9.17, 15) is 9.59 Å². The first-order chi connectivity index (χ1) is 14.1. The Morgan fingerprint density at radius 3 is 2.31 bits per heavy atom. The molecule has 0 aliphatic carbocycles. The van der Waals surface area contributed by atoms with Gasteiger partial charge in [-0.3, -0.25) is 9.59 Å². The van der Waals surface area contributed by atoms with E-state index < -0.39 is 0 Å². The first-order valence-electron chi connectivity index (χ1n) is 9.24. The molecule has 4 aromatic rings. The van der Waals surface area contributed by atoms with Gasteiger partial charge in [-0.2, -0.15) is 0 Å². The Hall–Kier alpha value is -3.86. The van der Waals surface area contributed by atoms with E-state index in [1.807, 2.05) is 54.6 Å². The molecule has 29 heavy (non-hydrogen) atoms. The number of nitrogens with one attached hydrogen (secondary N) is 2. The minimum Gasteiger partial charge on any atom is -0.497 e. The van der Waals surface area contributed by atoms with E-state index in [0.29, 0.717) is 27.9 Å². The zero-order chi connectivity index (χ0) is 20.4. The van der Waals surface area contributed by atoms with Crippen molar-refractivity contribution in [3.63, 3.8) is 0 Å². The van der Waals surface area contributed by atoms with Gasteiger partial charge in [-0.15, -0.1) is 0 Å². The highest BCUT2D eigenvalue weighted by Gasteiger charge is 2.15. The van der Waals surface area contributed by atoms with Crippen LogP contribution < -0.4 is 15.5 Å². The summed E-state index contributed by atoms with van der Waals surface area (Å²) in [4.78, 5) is 28.6. The highest BCUT2D eigenvalue weighted by atomic mass is 16.5. The molecule has 0 saturated carbocycles. The lowest BCUT2D eigenvalue weighted by atomic mass is 10.1. The second kappa shape index (κ2) is 7.64. The van der Waals surface area contributed by atoms with Crippen molar-refractivity contribution in [3.8, 4) is 16.9 Å². The summed E-state index contributed by atoms with van der Waals surface area (Å²) in [7, 11) is 1.55. The fourth-order valence-corrected chi connectivity index (χ4v) is 3.29. The van der Waals surface area contributed by atoms with Crippen molar-refractivity contribution < 1.29 is 9.53 Å². The molecular weight excluding hydrogens is 364 g/mol. The number of anilines is 1. The normalized spacial score (nSPS) is 10.7. The number of benzene rings is 3.